The number of amides is 1. The molecule has 2 aromatic rings. The van der Waals surface area contributed by atoms with Crippen molar-refractivity contribution in [2.45, 2.75) is 19.4 Å². The van der Waals surface area contributed by atoms with E-state index < -0.39 is 0 Å². The van der Waals surface area contributed by atoms with E-state index in [-0.39, 0.29) is 24.3 Å². The molecule has 0 aliphatic carbocycles. The minimum atomic E-state index is -0.229. The van der Waals surface area contributed by atoms with Crippen LogP contribution >= 0.6 is 0 Å². The van der Waals surface area contributed by atoms with Crippen LogP contribution < -0.4 is 10.6 Å². The highest BCUT2D eigenvalue weighted by atomic mass is 19.1. The first kappa shape index (κ1) is 16.2. The van der Waals surface area contributed by atoms with Crippen LogP contribution in [0.15, 0.2) is 54.6 Å². The van der Waals surface area contributed by atoms with Crippen molar-refractivity contribution < 1.29 is 9.18 Å². The van der Waals surface area contributed by atoms with E-state index in [1.165, 1.54) is 6.07 Å². The largest absolute Gasteiger partial charge is 0.355 e. The van der Waals surface area contributed by atoms with Crippen molar-refractivity contribution in [3.05, 3.63) is 71.5 Å². The molecule has 0 aliphatic heterocycles. The number of hydrogen-bond acceptors (Lipinski definition) is 2. The Kier molecular flexibility index (Phi) is 6.10. The molecule has 0 heterocycles. The van der Waals surface area contributed by atoms with Crippen molar-refractivity contribution in [3.8, 4) is 0 Å². The third kappa shape index (κ3) is 4.97. The lowest BCUT2D eigenvalue weighted by molar-refractivity contribution is -0.120. The van der Waals surface area contributed by atoms with E-state index in [4.69, 9.17) is 0 Å². The van der Waals surface area contributed by atoms with Gasteiger partial charge >= 0.3 is 0 Å². The van der Waals surface area contributed by atoms with Crippen LogP contribution in [0, 0.1) is 5.82 Å². The zero-order chi connectivity index (χ0) is 15.8. The number of benzene rings is 2. The van der Waals surface area contributed by atoms with E-state index in [9.17, 15) is 9.18 Å². The molecule has 0 saturated carbocycles. The van der Waals surface area contributed by atoms with Gasteiger partial charge < -0.3 is 10.6 Å². The molecule has 0 aliphatic rings. The predicted molar refractivity (Wildman–Crippen MR) is 86.0 cm³/mol. The first-order valence-corrected chi connectivity index (χ1v) is 7.45. The number of hydrogen-bond donors (Lipinski definition) is 2. The first-order chi connectivity index (χ1) is 10.7. The zero-order valence-electron chi connectivity index (χ0n) is 12.7. The van der Waals surface area contributed by atoms with Gasteiger partial charge in [0.05, 0.1) is 6.54 Å². The third-order valence-corrected chi connectivity index (χ3v) is 3.54. The second kappa shape index (κ2) is 8.29. The molecular formula is C18H21FN2O. The minimum Gasteiger partial charge on any atom is -0.355 e. The summed E-state index contributed by atoms with van der Waals surface area (Å²) >= 11 is 0. The van der Waals surface area contributed by atoms with Crippen LogP contribution in [0.25, 0.3) is 0 Å². The SMILES string of the molecule is CC(NCC(=O)NCCc1ccccc1F)c1ccccc1. The fraction of sp³-hybridized carbons (Fsp3) is 0.278. The smallest absolute Gasteiger partial charge is 0.233 e. The van der Waals surface area contributed by atoms with Gasteiger partial charge in [-0.1, -0.05) is 48.5 Å². The standard InChI is InChI=1S/C18H21FN2O/c1-14(15-7-3-2-4-8-15)21-13-18(22)20-12-11-16-9-5-6-10-17(16)19/h2-10,14,21H,11-13H2,1H3,(H,20,22). The van der Waals surface area contributed by atoms with E-state index in [0.717, 1.165) is 5.56 Å². The summed E-state index contributed by atoms with van der Waals surface area (Å²) in [6, 6.07) is 16.7. The molecule has 0 bridgehead atoms. The number of rotatable bonds is 7. The maximum atomic E-state index is 13.4. The van der Waals surface area contributed by atoms with Crippen molar-refractivity contribution in [2.24, 2.45) is 0 Å². The van der Waals surface area contributed by atoms with Crippen molar-refractivity contribution >= 4 is 5.91 Å². The highest BCUT2D eigenvalue weighted by molar-refractivity contribution is 5.78. The summed E-state index contributed by atoms with van der Waals surface area (Å²) < 4.78 is 13.4. The Morgan fingerprint density at radius 2 is 1.77 bits per heavy atom. The summed E-state index contributed by atoms with van der Waals surface area (Å²) in [6.07, 6.45) is 0.493. The van der Waals surface area contributed by atoms with Gasteiger partial charge in [0.15, 0.2) is 0 Å². The van der Waals surface area contributed by atoms with Crippen molar-refractivity contribution in [2.75, 3.05) is 13.1 Å². The van der Waals surface area contributed by atoms with Gasteiger partial charge in [0.25, 0.3) is 0 Å². The molecule has 1 atom stereocenters. The van der Waals surface area contributed by atoms with Crippen LogP contribution in [0.4, 0.5) is 4.39 Å². The van der Waals surface area contributed by atoms with Crippen molar-refractivity contribution in [1.82, 2.24) is 10.6 Å². The molecule has 2 aromatic carbocycles. The summed E-state index contributed by atoms with van der Waals surface area (Å²) in [4.78, 5) is 11.8. The molecule has 0 radical (unpaired) electrons. The summed E-state index contributed by atoms with van der Waals surface area (Å²) in [5.74, 6) is -0.313. The Morgan fingerprint density at radius 1 is 1.09 bits per heavy atom. The van der Waals surface area contributed by atoms with E-state index >= 15 is 0 Å². The van der Waals surface area contributed by atoms with Crippen molar-refractivity contribution in [3.63, 3.8) is 0 Å². The number of halogens is 1. The van der Waals surface area contributed by atoms with Gasteiger partial charge in [0, 0.05) is 12.6 Å². The van der Waals surface area contributed by atoms with Crippen LogP contribution in [-0.2, 0) is 11.2 Å². The molecule has 22 heavy (non-hydrogen) atoms. The van der Waals surface area contributed by atoms with Gasteiger partial charge in [0.1, 0.15) is 5.82 Å². The Balaban J connectivity index is 1.69. The summed E-state index contributed by atoms with van der Waals surface area (Å²) in [5.41, 5.74) is 1.76. The molecule has 1 unspecified atom stereocenters. The van der Waals surface area contributed by atoms with Gasteiger partial charge in [-0.25, -0.2) is 4.39 Å². The molecular weight excluding hydrogens is 279 g/mol. The van der Waals surface area contributed by atoms with E-state index in [1.54, 1.807) is 18.2 Å². The summed E-state index contributed by atoms with van der Waals surface area (Å²) in [6.45, 7) is 2.69. The third-order valence-electron chi connectivity index (χ3n) is 3.54. The Hall–Kier alpha value is -2.20. The summed E-state index contributed by atoms with van der Waals surface area (Å²) in [5, 5.41) is 5.97. The van der Waals surface area contributed by atoms with Gasteiger partial charge in [-0.3, -0.25) is 4.79 Å². The molecule has 0 aromatic heterocycles. The molecule has 4 heteroatoms. The second-order valence-corrected chi connectivity index (χ2v) is 5.20. The Morgan fingerprint density at radius 3 is 2.50 bits per heavy atom. The topological polar surface area (TPSA) is 41.1 Å². The Labute approximate surface area is 130 Å². The average molecular weight is 300 g/mol. The lowest BCUT2D eigenvalue weighted by Gasteiger charge is -2.14. The lowest BCUT2D eigenvalue weighted by atomic mass is 10.1. The van der Waals surface area contributed by atoms with Crippen LogP contribution in [0.5, 0.6) is 0 Å². The van der Waals surface area contributed by atoms with Crippen molar-refractivity contribution in [1.29, 1.82) is 0 Å². The molecule has 1 amide bonds. The van der Waals surface area contributed by atoms with Gasteiger partial charge in [-0.05, 0) is 30.5 Å². The highest BCUT2D eigenvalue weighted by Gasteiger charge is 2.07. The molecule has 2 rings (SSSR count). The average Bonchev–Trinajstić information content (AvgIpc) is 2.55. The molecule has 0 fully saturated rings. The highest BCUT2D eigenvalue weighted by Crippen LogP contribution is 2.10. The Bertz CT molecular complexity index is 601. The summed E-state index contributed by atoms with van der Waals surface area (Å²) in [7, 11) is 0. The number of nitrogens with one attached hydrogen (secondary N) is 2. The van der Waals surface area contributed by atoms with E-state index in [2.05, 4.69) is 10.6 Å². The quantitative estimate of drug-likeness (QED) is 0.825. The number of carbonyl (C=O) groups is 1. The number of carbonyl (C=O) groups excluding carboxylic acids is 1. The zero-order valence-corrected chi connectivity index (χ0v) is 12.7. The maximum Gasteiger partial charge on any atom is 0.233 e. The fourth-order valence-corrected chi connectivity index (χ4v) is 2.21. The molecule has 3 nitrogen and oxygen atoms in total. The van der Waals surface area contributed by atoms with Gasteiger partial charge in [-0.15, -0.1) is 0 Å². The predicted octanol–water partition coefficient (Wildman–Crippen LogP) is 2.84. The molecule has 2 N–H and O–H groups in total. The molecule has 0 saturated heterocycles. The first-order valence-electron chi connectivity index (χ1n) is 7.45. The molecule has 116 valence electrons. The molecule has 0 spiro atoms. The van der Waals surface area contributed by atoms with Crippen LogP contribution in [0.2, 0.25) is 0 Å². The van der Waals surface area contributed by atoms with E-state index in [0.29, 0.717) is 18.5 Å². The van der Waals surface area contributed by atoms with Gasteiger partial charge in [-0.2, -0.15) is 0 Å². The monoisotopic (exact) mass is 300 g/mol. The lowest BCUT2D eigenvalue weighted by Crippen LogP contribution is -2.36. The fourth-order valence-electron chi connectivity index (χ4n) is 2.21. The van der Waals surface area contributed by atoms with Crippen LogP contribution in [0.1, 0.15) is 24.1 Å². The van der Waals surface area contributed by atoms with Crippen LogP contribution in [0.3, 0.4) is 0 Å². The van der Waals surface area contributed by atoms with Crippen LogP contribution in [-0.4, -0.2) is 19.0 Å². The maximum absolute atomic E-state index is 13.4. The second-order valence-electron chi connectivity index (χ2n) is 5.20. The normalized spacial score (nSPS) is 11.9. The van der Waals surface area contributed by atoms with E-state index in [1.807, 2.05) is 37.3 Å². The minimum absolute atomic E-state index is 0.0841. The van der Waals surface area contributed by atoms with Gasteiger partial charge in [0.2, 0.25) is 5.91 Å².